The van der Waals surface area contributed by atoms with E-state index in [1.54, 1.807) is 43.3 Å². The number of hydrogen-bond donors (Lipinski definition) is 3. The molecule has 3 amide bonds. The Kier molecular flexibility index (Phi) is 6.57. The SMILES string of the molecule is CNC(=O)NC(=O)[C@H](C)Nc1cccc(OCc2cccc(C#N)c2)c1. The Morgan fingerprint density at radius 2 is 1.96 bits per heavy atom. The maximum atomic E-state index is 11.9. The Balaban J connectivity index is 1.95. The Hall–Kier alpha value is -3.53. The molecule has 2 rings (SSSR count). The van der Waals surface area contributed by atoms with Crippen molar-refractivity contribution in [1.29, 1.82) is 5.26 Å². The van der Waals surface area contributed by atoms with Gasteiger partial charge in [-0.15, -0.1) is 0 Å². The summed E-state index contributed by atoms with van der Waals surface area (Å²) >= 11 is 0. The van der Waals surface area contributed by atoms with Crippen LogP contribution in [0.3, 0.4) is 0 Å². The molecule has 0 bridgehead atoms. The number of nitriles is 1. The van der Waals surface area contributed by atoms with Gasteiger partial charge in [0.1, 0.15) is 18.4 Å². The standard InChI is InChI=1S/C19H20N4O3/c1-13(18(24)23-19(25)21-2)22-16-7-4-8-17(10-16)26-12-15-6-3-5-14(9-15)11-20/h3-10,13,22H,12H2,1-2H3,(H2,21,23,24,25)/t13-/m0/s1. The summed E-state index contributed by atoms with van der Waals surface area (Å²) in [5, 5.41) is 16.5. The zero-order valence-corrected chi connectivity index (χ0v) is 14.6. The van der Waals surface area contributed by atoms with Crippen LogP contribution in [-0.2, 0) is 11.4 Å². The Bertz CT molecular complexity index is 830. The van der Waals surface area contributed by atoms with Gasteiger partial charge in [-0.1, -0.05) is 18.2 Å². The normalized spacial score (nSPS) is 11.0. The Morgan fingerprint density at radius 1 is 1.19 bits per heavy atom. The number of anilines is 1. The minimum Gasteiger partial charge on any atom is -0.489 e. The number of carbonyl (C=O) groups is 2. The Morgan fingerprint density at radius 3 is 2.69 bits per heavy atom. The van der Waals surface area contributed by atoms with Crippen molar-refractivity contribution < 1.29 is 14.3 Å². The van der Waals surface area contributed by atoms with E-state index in [2.05, 4.69) is 22.0 Å². The van der Waals surface area contributed by atoms with Crippen molar-refractivity contribution in [1.82, 2.24) is 10.6 Å². The molecule has 2 aromatic carbocycles. The zero-order chi connectivity index (χ0) is 18.9. The fourth-order valence-electron chi connectivity index (χ4n) is 2.17. The van der Waals surface area contributed by atoms with Crippen LogP contribution in [0.2, 0.25) is 0 Å². The van der Waals surface area contributed by atoms with Crippen LogP contribution in [-0.4, -0.2) is 25.0 Å². The second kappa shape index (κ2) is 9.08. The molecule has 0 fully saturated rings. The van der Waals surface area contributed by atoms with E-state index < -0.39 is 18.0 Å². The number of benzene rings is 2. The number of nitrogens with one attached hydrogen (secondary N) is 3. The molecule has 3 N–H and O–H groups in total. The van der Waals surface area contributed by atoms with Crippen molar-refractivity contribution in [2.24, 2.45) is 0 Å². The molecule has 0 saturated carbocycles. The molecule has 0 aromatic heterocycles. The van der Waals surface area contributed by atoms with E-state index in [9.17, 15) is 9.59 Å². The van der Waals surface area contributed by atoms with Crippen molar-refractivity contribution in [3.63, 3.8) is 0 Å². The summed E-state index contributed by atoms with van der Waals surface area (Å²) < 4.78 is 5.74. The summed E-state index contributed by atoms with van der Waals surface area (Å²) in [5.74, 6) is 0.181. The van der Waals surface area contributed by atoms with E-state index in [1.807, 2.05) is 12.1 Å². The molecule has 0 heterocycles. The van der Waals surface area contributed by atoms with Gasteiger partial charge in [0, 0.05) is 18.8 Å². The number of rotatable bonds is 6. The first kappa shape index (κ1) is 18.8. The zero-order valence-electron chi connectivity index (χ0n) is 14.6. The van der Waals surface area contributed by atoms with Gasteiger partial charge in [-0.3, -0.25) is 10.1 Å². The van der Waals surface area contributed by atoms with E-state index in [1.165, 1.54) is 7.05 Å². The van der Waals surface area contributed by atoms with Crippen LogP contribution in [0.25, 0.3) is 0 Å². The third-order valence-electron chi connectivity index (χ3n) is 3.54. The monoisotopic (exact) mass is 352 g/mol. The molecule has 0 aliphatic rings. The van der Waals surface area contributed by atoms with Crippen LogP contribution in [0.5, 0.6) is 5.75 Å². The number of urea groups is 1. The third kappa shape index (κ3) is 5.53. The summed E-state index contributed by atoms with van der Waals surface area (Å²) in [5.41, 5.74) is 2.16. The fourth-order valence-corrected chi connectivity index (χ4v) is 2.17. The molecular formula is C19H20N4O3. The lowest BCUT2D eigenvalue weighted by molar-refractivity contribution is -0.120. The summed E-state index contributed by atoms with van der Waals surface area (Å²) in [4.78, 5) is 23.1. The second-order valence-corrected chi connectivity index (χ2v) is 5.56. The molecule has 26 heavy (non-hydrogen) atoms. The van der Waals surface area contributed by atoms with Crippen LogP contribution < -0.4 is 20.7 Å². The van der Waals surface area contributed by atoms with E-state index in [4.69, 9.17) is 10.00 Å². The molecule has 0 aliphatic heterocycles. The quantitative estimate of drug-likeness (QED) is 0.741. The third-order valence-corrected chi connectivity index (χ3v) is 3.54. The van der Waals surface area contributed by atoms with Crippen LogP contribution >= 0.6 is 0 Å². The highest BCUT2D eigenvalue weighted by Gasteiger charge is 2.15. The van der Waals surface area contributed by atoms with Gasteiger partial charge in [-0.25, -0.2) is 4.79 Å². The van der Waals surface area contributed by atoms with E-state index in [-0.39, 0.29) is 0 Å². The molecule has 0 aliphatic carbocycles. The molecule has 0 radical (unpaired) electrons. The fraction of sp³-hybridized carbons (Fsp3) is 0.211. The first-order valence-corrected chi connectivity index (χ1v) is 8.03. The summed E-state index contributed by atoms with van der Waals surface area (Å²) in [6.07, 6.45) is 0. The highest BCUT2D eigenvalue weighted by atomic mass is 16.5. The highest BCUT2D eigenvalue weighted by molar-refractivity contribution is 5.97. The maximum absolute atomic E-state index is 11.9. The molecular weight excluding hydrogens is 332 g/mol. The minimum atomic E-state index is -0.602. The van der Waals surface area contributed by atoms with Crippen LogP contribution in [0, 0.1) is 11.3 Å². The number of hydrogen-bond acceptors (Lipinski definition) is 5. The van der Waals surface area contributed by atoms with E-state index >= 15 is 0 Å². The lowest BCUT2D eigenvalue weighted by atomic mass is 10.1. The van der Waals surface area contributed by atoms with E-state index in [0.29, 0.717) is 23.6 Å². The molecule has 134 valence electrons. The first-order valence-electron chi connectivity index (χ1n) is 8.03. The van der Waals surface area contributed by atoms with Crippen molar-refractivity contribution in [2.75, 3.05) is 12.4 Å². The maximum Gasteiger partial charge on any atom is 0.321 e. The minimum absolute atomic E-state index is 0.325. The van der Waals surface area contributed by atoms with Crippen LogP contribution in [0.1, 0.15) is 18.1 Å². The van der Waals surface area contributed by atoms with Crippen molar-refractivity contribution in [2.45, 2.75) is 19.6 Å². The average molecular weight is 352 g/mol. The summed E-state index contributed by atoms with van der Waals surface area (Å²) in [6, 6.07) is 15.3. The van der Waals surface area contributed by atoms with Crippen LogP contribution in [0.4, 0.5) is 10.5 Å². The van der Waals surface area contributed by atoms with Gasteiger partial charge in [-0.2, -0.15) is 5.26 Å². The number of nitrogens with zero attached hydrogens (tertiary/aromatic N) is 1. The predicted octanol–water partition coefficient (Wildman–Crippen LogP) is 2.39. The van der Waals surface area contributed by atoms with Crippen molar-refractivity contribution in [3.8, 4) is 11.8 Å². The van der Waals surface area contributed by atoms with E-state index in [0.717, 1.165) is 5.56 Å². The smallest absolute Gasteiger partial charge is 0.321 e. The van der Waals surface area contributed by atoms with Gasteiger partial charge in [0.2, 0.25) is 5.91 Å². The van der Waals surface area contributed by atoms with Crippen molar-refractivity contribution in [3.05, 3.63) is 59.7 Å². The molecule has 2 aromatic rings. The average Bonchev–Trinajstić information content (AvgIpc) is 2.66. The molecule has 0 unspecified atom stereocenters. The molecule has 7 heteroatoms. The number of carbonyl (C=O) groups excluding carboxylic acids is 2. The lowest BCUT2D eigenvalue weighted by Crippen LogP contribution is -2.44. The molecule has 1 atom stereocenters. The summed E-state index contributed by atoms with van der Waals surface area (Å²) in [6.45, 7) is 1.98. The molecule has 0 spiro atoms. The number of imide groups is 1. The molecule has 0 saturated heterocycles. The van der Waals surface area contributed by atoms with Gasteiger partial charge in [0.25, 0.3) is 0 Å². The van der Waals surface area contributed by atoms with Gasteiger partial charge < -0.3 is 15.4 Å². The van der Waals surface area contributed by atoms with Crippen molar-refractivity contribution >= 4 is 17.6 Å². The topological polar surface area (TPSA) is 103 Å². The lowest BCUT2D eigenvalue weighted by Gasteiger charge is -2.15. The second-order valence-electron chi connectivity index (χ2n) is 5.56. The number of ether oxygens (including phenoxy) is 1. The largest absolute Gasteiger partial charge is 0.489 e. The van der Waals surface area contributed by atoms with Gasteiger partial charge in [0.15, 0.2) is 0 Å². The first-order chi connectivity index (χ1) is 12.5. The van der Waals surface area contributed by atoms with Gasteiger partial charge >= 0.3 is 6.03 Å². The predicted molar refractivity (Wildman–Crippen MR) is 97.6 cm³/mol. The van der Waals surface area contributed by atoms with Gasteiger partial charge in [0.05, 0.1) is 11.6 Å². The highest BCUT2D eigenvalue weighted by Crippen LogP contribution is 2.19. The van der Waals surface area contributed by atoms with Crippen LogP contribution in [0.15, 0.2) is 48.5 Å². The summed E-state index contributed by atoms with van der Waals surface area (Å²) in [7, 11) is 1.44. The number of amides is 3. The Labute approximate surface area is 152 Å². The molecule has 7 nitrogen and oxygen atoms in total. The van der Waals surface area contributed by atoms with Gasteiger partial charge in [-0.05, 0) is 36.8 Å².